The lowest BCUT2D eigenvalue weighted by atomic mass is 10.2. The van der Waals surface area contributed by atoms with Crippen molar-refractivity contribution in [2.75, 3.05) is 0 Å². The van der Waals surface area contributed by atoms with Crippen LogP contribution < -0.4 is 0 Å². The fourth-order valence-electron chi connectivity index (χ4n) is 1.53. The molecule has 0 aliphatic heterocycles. The molecule has 0 N–H and O–H groups in total. The lowest BCUT2D eigenvalue weighted by Crippen LogP contribution is -1.99. The third-order valence-electron chi connectivity index (χ3n) is 2.52. The summed E-state index contributed by atoms with van der Waals surface area (Å²) in [4.78, 5) is 0.477. The standard InChI is InChI=1S/C12H12FNO2S/c1-8-12(9(2)16-14-8)7-17(15)11-5-3-4-10(13)6-11/h3-6H,7H2,1-2H3. The summed E-state index contributed by atoms with van der Waals surface area (Å²) < 4.78 is 30.0. The van der Waals surface area contributed by atoms with E-state index in [1.165, 1.54) is 12.1 Å². The Hall–Kier alpha value is -1.49. The van der Waals surface area contributed by atoms with Gasteiger partial charge in [0.05, 0.1) is 22.2 Å². The van der Waals surface area contributed by atoms with Crippen LogP contribution in [0.15, 0.2) is 33.7 Å². The van der Waals surface area contributed by atoms with E-state index in [1.807, 2.05) is 0 Å². The summed E-state index contributed by atoms with van der Waals surface area (Å²) in [6.07, 6.45) is 0. The van der Waals surface area contributed by atoms with Crippen LogP contribution in [-0.2, 0) is 16.6 Å². The Morgan fingerprint density at radius 3 is 2.76 bits per heavy atom. The molecule has 0 fully saturated rings. The fourth-order valence-corrected chi connectivity index (χ4v) is 2.85. The van der Waals surface area contributed by atoms with Gasteiger partial charge in [-0.15, -0.1) is 0 Å². The van der Waals surface area contributed by atoms with Crippen molar-refractivity contribution in [3.05, 3.63) is 47.1 Å². The summed E-state index contributed by atoms with van der Waals surface area (Å²) in [5, 5.41) is 3.80. The van der Waals surface area contributed by atoms with Gasteiger partial charge in [-0.1, -0.05) is 11.2 Å². The molecule has 2 rings (SSSR count). The molecule has 1 aromatic carbocycles. The van der Waals surface area contributed by atoms with Crippen molar-refractivity contribution in [3.63, 3.8) is 0 Å². The van der Waals surface area contributed by atoms with E-state index < -0.39 is 10.8 Å². The van der Waals surface area contributed by atoms with Gasteiger partial charge in [-0.2, -0.15) is 0 Å². The van der Waals surface area contributed by atoms with E-state index >= 15 is 0 Å². The van der Waals surface area contributed by atoms with E-state index in [4.69, 9.17) is 4.52 Å². The van der Waals surface area contributed by atoms with Crippen LogP contribution >= 0.6 is 0 Å². The van der Waals surface area contributed by atoms with Gasteiger partial charge in [-0.25, -0.2) is 4.39 Å². The van der Waals surface area contributed by atoms with Gasteiger partial charge in [0.2, 0.25) is 0 Å². The summed E-state index contributed by atoms with van der Waals surface area (Å²) in [5.41, 5.74) is 1.56. The molecule has 0 spiro atoms. The molecule has 90 valence electrons. The molecule has 3 nitrogen and oxygen atoms in total. The number of nitrogens with zero attached hydrogens (tertiary/aromatic N) is 1. The predicted molar refractivity (Wildman–Crippen MR) is 62.5 cm³/mol. The van der Waals surface area contributed by atoms with E-state index in [1.54, 1.807) is 26.0 Å². The van der Waals surface area contributed by atoms with Gasteiger partial charge in [-0.05, 0) is 32.0 Å². The Morgan fingerprint density at radius 1 is 1.41 bits per heavy atom. The number of aromatic nitrogens is 1. The van der Waals surface area contributed by atoms with E-state index in [9.17, 15) is 8.60 Å². The van der Waals surface area contributed by atoms with Crippen LogP contribution in [0, 0.1) is 19.7 Å². The minimum Gasteiger partial charge on any atom is -0.361 e. The van der Waals surface area contributed by atoms with Crippen molar-refractivity contribution in [1.82, 2.24) is 5.16 Å². The van der Waals surface area contributed by atoms with Crippen molar-refractivity contribution in [2.45, 2.75) is 24.5 Å². The zero-order valence-electron chi connectivity index (χ0n) is 9.57. The maximum Gasteiger partial charge on any atom is 0.138 e. The topological polar surface area (TPSA) is 43.1 Å². The average molecular weight is 253 g/mol. The second-order valence-electron chi connectivity index (χ2n) is 3.75. The van der Waals surface area contributed by atoms with Crippen LogP contribution in [0.3, 0.4) is 0 Å². The van der Waals surface area contributed by atoms with Crippen LogP contribution in [-0.4, -0.2) is 9.37 Å². The zero-order valence-corrected chi connectivity index (χ0v) is 10.4. The zero-order chi connectivity index (χ0) is 12.4. The highest BCUT2D eigenvalue weighted by Crippen LogP contribution is 2.18. The largest absolute Gasteiger partial charge is 0.361 e. The van der Waals surface area contributed by atoms with Crippen LogP contribution in [0.1, 0.15) is 17.0 Å². The highest BCUT2D eigenvalue weighted by atomic mass is 32.2. The molecule has 1 aromatic heterocycles. The number of hydrogen-bond donors (Lipinski definition) is 0. The summed E-state index contributed by atoms with van der Waals surface area (Å²) in [6.45, 7) is 3.58. The number of halogens is 1. The highest BCUT2D eigenvalue weighted by molar-refractivity contribution is 7.84. The minimum atomic E-state index is -1.28. The fraction of sp³-hybridized carbons (Fsp3) is 0.250. The molecule has 1 heterocycles. The molecule has 0 radical (unpaired) electrons. The first kappa shape index (κ1) is 12.0. The quantitative estimate of drug-likeness (QED) is 0.844. The predicted octanol–water partition coefficient (Wildman–Crippen LogP) is 2.74. The summed E-state index contributed by atoms with van der Waals surface area (Å²) in [7, 11) is -1.28. The molecule has 0 aliphatic carbocycles. The van der Waals surface area contributed by atoms with E-state index in [-0.39, 0.29) is 5.82 Å². The second kappa shape index (κ2) is 4.79. The number of benzene rings is 1. The summed E-state index contributed by atoms with van der Waals surface area (Å²) in [5.74, 6) is 0.576. The van der Waals surface area contributed by atoms with Crippen molar-refractivity contribution in [1.29, 1.82) is 0 Å². The Labute approximate surface area is 101 Å². The van der Waals surface area contributed by atoms with Gasteiger partial charge >= 0.3 is 0 Å². The first-order valence-corrected chi connectivity index (χ1v) is 6.45. The Balaban J connectivity index is 2.23. The van der Waals surface area contributed by atoms with Gasteiger partial charge in [0.15, 0.2) is 0 Å². The maximum absolute atomic E-state index is 13.0. The van der Waals surface area contributed by atoms with Crippen molar-refractivity contribution < 1.29 is 13.1 Å². The van der Waals surface area contributed by atoms with Gasteiger partial charge in [0, 0.05) is 10.5 Å². The molecular weight excluding hydrogens is 241 g/mol. The van der Waals surface area contributed by atoms with E-state index in [2.05, 4.69) is 5.16 Å². The van der Waals surface area contributed by atoms with Gasteiger partial charge in [0.25, 0.3) is 0 Å². The Kier molecular flexibility index (Phi) is 3.38. The van der Waals surface area contributed by atoms with Crippen molar-refractivity contribution in [3.8, 4) is 0 Å². The first-order chi connectivity index (χ1) is 8.08. The Bertz CT molecular complexity index is 546. The minimum absolute atomic E-state index is 0.296. The van der Waals surface area contributed by atoms with E-state index in [0.717, 1.165) is 11.3 Å². The third-order valence-corrected chi connectivity index (χ3v) is 3.85. The van der Waals surface area contributed by atoms with Gasteiger partial charge < -0.3 is 4.52 Å². The van der Waals surface area contributed by atoms with Gasteiger partial charge in [-0.3, -0.25) is 4.21 Å². The van der Waals surface area contributed by atoms with Crippen molar-refractivity contribution in [2.24, 2.45) is 0 Å². The lowest BCUT2D eigenvalue weighted by Gasteiger charge is -2.02. The summed E-state index contributed by atoms with van der Waals surface area (Å²) in [6, 6.07) is 5.82. The molecule has 0 aliphatic rings. The molecule has 1 unspecified atom stereocenters. The van der Waals surface area contributed by atoms with Crippen LogP contribution in [0.25, 0.3) is 0 Å². The number of rotatable bonds is 3. The van der Waals surface area contributed by atoms with Crippen LogP contribution in [0.4, 0.5) is 4.39 Å². The third kappa shape index (κ3) is 2.61. The smallest absolute Gasteiger partial charge is 0.138 e. The molecule has 1 atom stereocenters. The molecular formula is C12H12FNO2S. The van der Waals surface area contributed by atoms with Crippen molar-refractivity contribution >= 4 is 10.8 Å². The number of aryl methyl sites for hydroxylation is 2. The van der Waals surface area contributed by atoms with Crippen LogP contribution in [0.5, 0.6) is 0 Å². The SMILES string of the molecule is Cc1noc(C)c1CS(=O)c1cccc(F)c1. The maximum atomic E-state index is 13.0. The molecule has 0 bridgehead atoms. The lowest BCUT2D eigenvalue weighted by molar-refractivity contribution is 0.392. The normalized spacial score (nSPS) is 12.6. The van der Waals surface area contributed by atoms with E-state index in [0.29, 0.717) is 16.4 Å². The first-order valence-electron chi connectivity index (χ1n) is 5.13. The average Bonchev–Trinajstić information content (AvgIpc) is 2.61. The highest BCUT2D eigenvalue weighted by Gasteiger charge is 2.14. The monoisotopic (exact) mass is 253 g/mol. The molecule has 0 saturated carbocycles. The molecule has 5 heteroatoms. The molecule has 2 aromatic rings. The summed E-state index contributed by atoms with van der Waals surface area (Å²) >= 11 is 0. The van der Waals surface area contributed by atoms with Gasteiger partial charge in [0.1, 0.15) is 11.6 Å². The molecule has 0 saturated heterocycles. The number of hydrogen-bond acceptors (Lipinski definition) is 3. The second-order valence-corrected chi connectivity index (χ2v) is 5.20. The molecule has 17 heavy (non-hydrogen) atoms. The Morgan fingerprint density at radius 2 is 2.18 bits per heavy atom. The van der Waals surface area contributed by atoms with Crippen LogP contribution in [0.2, 0.25) is 0 Å². The molecule has 0 amide bonds.